The third-order valence-electron chi connectivity index (χ3n) is 3.05. The predicted molar refractivity (Wildman–Crippen MR) is 111 cm³/mol. The topological polar surface area (TPSA) is 112 Å². The van der Waals surface area contributed by atoms with Crippen molar-refractivity contribution in [3.63, 3.8) is 0 Å². The van der Waals surface area contributed by atoms with E-state index in [1.165, 1.54) is 21.5 Å². The third-order valence-corrected chi connectivity index (χ3v) is 3.05. The Bertz CT molecular complexity index is 878. The minimum Gasteiger partial charge on any atom is -0.478 e. The summed E-state index contributed by atoms with van der Waals surface area (Å²) in [6.07, 6.45) is 2.50. The Morgan fingerprint density at radius 3 is 1.14 bits per heavy atom. The number of benzene rings is 2. The molecular formula is C22H21O6Ti-. The predicted octanol–water partition coefficient (Wildman–Crippen LogP) is 4.48. The van der Waals surface area contributed by atoms with Crippen molar-refractivity contribution in [2.75, 3.05) is 0 Å². The Kier molecular flexibility index (Phi) is 15.1. The monoisotopic (exact) mass is 429 g/mol. The summed E-state index contributed by atoms with van der Waals surface area (Å²) < 4.78 is 0. The van der Waals surface area contributed by atoms with Gasteiger partial charge >= 0.3 is 17.9 Å². The van der Waals surface area contributed by atoms with Crippen molar-refractivity contribution in [3.05, 3.63) is 92.6 Å². The van der Waals surface area contributed by atoms with Crippen LogP contribution in [0.25, 0.3) is 21.5 Å². The van der Waals surface area contributed by atoms with Gasteiger partial charge in [-0.05, 0) is 0 Å². The maximum absolute atomic E-state index is 9.25. The molecule has 3 aromatic rings. The Balaban J connectivity index is 0. The second kappa shape index (κ2) is 15.7. The summed E-state index contributed by atoms with van der Waals surface area (Å²) >= 11 is 0. The van der Waals surface area contributed by atoms with Gasteiger partial charge in [0, 0.05) is 39.9 Å². The molecular weight excluding hydrogens is 408 g/mol. The zero-order chi connectivity index (χ0) is 21.5. The van der Waals surface area contributed by atoms with E-state index in [9.17, 15) is 14.4 Å². The van der Waals surface area contributed by atoms with E-state index in [1.54, 1.807) is 0 Å². The molecule has 150 valence electrons. The summed E-state index contributed by atoms with van der Waals surface area (Å²) in [6.45, 7) is 8.88. The molecule has 0 saturated carbocycles. The molecule has 3 N–H and O–H groups in total. The van der Waals surface area contributed by atoms with Gasteiger partial charge < -0.3 is 15.3 Å². The molecule has 3 rings (SSSR count). The largest absolute Gasteiger partial charge is 0.478 e. The fraction of sp³-hybridized carbons (Fsp3) is 0. The second-order valence-electron chi connectivity index (χ2n) is 4.95. The molecule has 0 aliphatic carbocycles. The average Bonchev–Trinajstić information content (AvgIpc) is 3.08. The maximum atomic E-state index is 9.25. The third kappa shape index (κ3) is 11.9. The minimum atomic E-state index is -0.981. The molecule has 0 radical (unpaired) electrons. The van der Waals surface area contributed by atoms with Crippen molar-refractivity contribution in [2.45, 2.75) is 0 Å². The molecule has 0 unspecified atom stereocenters. The number of carboxylic acids is 3. The number of hydrogen-bond acceptors (Lipinski definition) is 3. The van der Waals surface area contributed by atoms with Crippen molar-refractivity contribution in [1.82, 2.24) is 0 Å². The molecule has 6 nitrogen and oxygen atoms in total. The molecule has 0 bridgehead atoms. The van der Waals surface area contributed by atoms with Crippen molar-refractivity contribution in [3.8, 4) is 0 Å². The molecule has 0 atom stereocenters. The molecule has 29 heavy (non-hydrogen) atoms. The van der Waals surface area contributed by atoms with E-state index in [0.29, 0.717) is 0 Å². The summed E-state index contributed by atoms with van der Waals surface area (Å²) in [7, 11) is 0. The number of aliphatic carboxylic acids is 3. The fourth-order valence-corrected chi connectivity index (χ4v) is 1.90. The molecule has 0 spiro atoms. The van der Waals surface area contributed by atoms with Crippen molar-refractivity contribution in [2.24, 2.45) is 0 Å². The smallest absolute Gasteiger partial charge is 0.327 e. The van der Waals surface area contributed by atoms with E-state index in [1.807, 2.05) is 0 Å². The second-order valence-corrected chi connectivity index (χ2v) is 4.95. The van der Waals surface area contributed by atoms with E-state index in [4.69, 9.17) is 15.3 Å². The standard InChI is InChI=1S/C13H9.3C3H4O2.Ti/c1-3-7-12-10(5-1)9-11-6-2-4-8-13(11)12;3*1-2-3(4)5;/h1-9H;3*2H,1H2,(H,4,5);/q-1;;;;. The van der Waals surface area contributed by atoms with Crippen molar-refractivity contribution >= 4 is 39.5 Å². The maximum Gasteiger partial charge on any atom is 0.327 e. The van der Waals surface area contributed by atoms with Crippen LogP contribution in [0.1, 0.15) is 0 Å². The van der Waals surface area contributed by atoms with E-state index in [0.717, 1.165) is 18.2 Å². The molecule has 0 saturated heterocycles. The van der Waals surface area contributed by atoms with Gasteiger partial charge in [0.2, 0.25) is 0 Å². The normalized spacial score (nSPS) is 8.28. The van der Waals surface area contributed by atoms with E-state index in [2.05, 4.69) is 74.3 Å². The Labute approximate surface area is 183 Å². The first kappa shape index (κ1) is 27.9. The number of hydrogen-bond donors (Lipinski definition) is 3. The fourth-order valence-electron chi connectivity index (χ4n) is 1.90. The van der Waals surface area contributed by atoms with Crippen LogP contribution in [0, 0.1) is 0 Å². The van der Waals surface area contributed by atoms with Crippen LogP contribution in [-0.4, -0.2) is 33.2 Å². The Morgan fingerprint density at radius 2 is 0.897 bits per heavy atom. The number of carbonyl (C=O) groups is 3. The minimum absolute atomic E-state index is 0. The van der Waals surface area contributed by atoms with Gasteiger partial charge in [-0.15, -0.1) is 39.7 Å². The van der Waals surface area contributed by atoms with Crippen LogP contribution >= 0.6 is 0 Å². The van der Waals surface area contributed by atoms with Gasteiger partial charge in [0.25, 0.3) is 0 Å². The number of carboxylic acid groups (broad SMARTS) is 3. The molecule has 0 amide bonds. The average molecular weight is 429 g/mol. The Hall–Kier alpha value is -3.35. The van der Waals surface area contributed by atoms with Crippen LogP contribution in [0.4, 0.5) is 0 Å². The zero-order valence-corrected chi connectivity index (χ0v) is 17.2. The number of rotatable bonds is 3. The van der Waals surface area contributed by atoms with Gasteiger partial charge in [-0.2, -0.15) is 0 Å². The summed E-state index contributed by atoms with van der Waals surface area (Å²) in [5.74, 6) is -2.94. The first-order valence-corrected chi connectivity index (χ1v) is 7.86. The van der Waals surface area contributed by atoms with E-state index in [-0.39, 0.29) is 21.7 Å². The molecule has 0 aliphatic rings. The molecule has 0 heterocycles. The van der Waals surface area contributed by atoms with Crippen LogP contribution in [-0.2, 0) is 36.1 Å². The number of fused-ring (bicyclic) bond motifs is 3. The summed E-state index contributed by atoms with van der Waals surface area (Å²) in [5, 5.41) is 28.2. The first-order chi connectivity index (χ1) is 13.3. The molecule has 7 heteroatoms. The van der Waals surface area contributed by atoms with Gasteiger partial charge in [0.15, 0.2) is 0 Å². The quantitative estimate of drug-likeness (QED) is 0.322. The van der Waals surface area contributed by atoms with Gasteiger partial charge in [-0.1, -0.05) is 56.1 Å². The first-order valence-electron chi connectivity index (χ1n) is 7.86. The van der Waals surface area contributed by atoms with Gasteiger partial charge in [-0.3, -0.25) is 0 Å². The summed E-state index contributed by atoms with van der Waals surface area (Å²) in [6, 6.07) is 19.3. The van der Waals surface area contributed by atoms with Crippen molar-refractivity contribution in [1.29, 1.82) is 0 Å². The van der Waals surface area contributed by atoms with Gasteiger partial charge in [0.05, 0.1) is 0 Å². The van der Waals surface area contributed by atoms with E-state index >= 15 is 0 Å². The van der Waals surface area contributed by atoms with Gasteiger partial charge in [-0.25, -0.2) is 14.4 Å². The van der Waals surface area contributed by atoms with Crippen LogP contribution < -0.4 is 0 Å². The summed E-state index contributed by atoms with van der Waals surface area (Å²) in [4.78, 5) is 27.8. The molecule has 0 aromatic heterocycles. The summed E-state index contributed by atoms with van der Waals surface area (Å²) in [5.41, 5.74) is 0. The Morgan fingerprint density at radius 1 is 0.655 bits per heavy atom. The van der Waals surface area contributed by atoms with Crippen LogP contribution in [0.2, 0.25) is 0 Å². The molecule has 0 aliphatic heterocycles. The van der Waals surface area contributed by atoms with Crippen LogP contribution in [0.15, 0.2) is 92.6 Å². The van der Waals surface area contributed by atoms with Crippen LogP contribution in [0.5, 0.6) is 0 Å². The van der Waals surface area contributed by atoms with E-state index < -0.39 is 17.9 Å². The SMILES string of the molecule is C=CC(=O)O.C=CC(=O)O.C=CC(=O)O.[Ti].c1ccc2c(c1)[cH-]c1ccccc12. The van der Waals surface area contributed by atoms with Crippen molar-refractivity contribution < 1.29 is 51.4 Å². The molecule has 0 fully saturated rings. The molecule has 3 aromatic carbocycles. The zero-order valence-electron chi connectivity index (χ0n) is 15.6. The van der Waals surface area contributed by atoms with Gasteiger partial charge in [0.1, 0.15) is 0 Å². The van der Waals surface area contributed by atoms with Crippen LogP contribution in [0.3, 0.4) is 0 Å².